The Morgan fingerprint density at radius 2 is 1.27 bits per heavy atom. The smallest absolute Gasteiger partial charge is 0.220 e. The van der Waals surface area contributed by atoms with E-state index in [-0.39, 0.29) is 23.4 Å². The maximum absolute atomic E-state index is 11.9. The highest BCUT2D eigenvalue weighted by Crippen LogP contribution is 2.50. The van der Waals surface area contributed by atoms with Crippen LogP contribution in [0, 0.1) is 5.41 Å². The summed E-state index contributed by atoms with van der Waals surface area (Å²) in [5, 5.41) is 4.18. The third-order valence-electron chi connectivity index (χ3n) is 11.8. The number of hydrogen-bond donors (Lipinski definition) is 1. The number of aromatic nitrogens is 2. The van der Waals surface area contributed by atoms with Crippen LogP contribution in [0.15, 0.2) is 48.5 Å². The summed E-state index contributed by atoms with van der Waals surface area (Å²) in [5.41, 5.74) is 9.75. The summed E-state index contributed by atoms with van der Waals surface area (Å²) < 4.78 is 17.4. The number of benzene rings is 2. The molecule has 1 amide bonds. The third kappa shape index (κ3) is 5.43. The van der Waals surface area contributed by atoms with Crippen molar-refractivity contribution >= 4 is 29.1 Å². The van der Waals surface area contributed by atoms with Gasteiger partial charge in [-0.3, -0.25) is 14.6 Å². The van der Waals surface area contributed by atoms with E-state index in [0.29, 0.717) is 34.3 Å². The van der Waals surface area contributed by atoms with Crippen molar-refractivity contribution in [2.75, 3.05) is 54.1 Å². The molecule has 2 unspecified atom stereocenters. The zero-order valence-electron chi connectivity index (χ0n) is 29.1. The molecule has 5 heterocycles. The molecule has 1 spiro atoms. The molecule has 2 aliphatic carbocycles. The second kappa shape index (κ2) is 12.7. The van der Waals surface area contributed by atoms with Gasteiger partial charge in [-0.05, 0) is 48.9 Å². The fourth-order valence-corrected chi connectivity index (χ4v) is 9.89. The lowest BCUT2D eigenvalue weighted by molar-refractivity contribution is -0.121. The molecule has 5 aliphatic rings. The SMILES string of the molecule is COc1nc(-c2cccc(-c3cccc(-c4cc5c(c(OC)n4)C(N4CC6(CNC(=O)C6)C4)CC5)c3Cl)c2Cl)cc2c1C(N1CC(OC)C1)CC2. The first-order chi connectivity index (χ1) is 24.8. The first kappa shape index (κ1) is 33.1. The summed E-state index contributed by atoms with van der Waals surface area (Å²) >= 11 is 14.5. The van der Waals surface area contributed by atoms with Crippen LogP contribution in [0.4, 0.5) is 0 Å². The molecule has 11 heteroatoms. The molecule has 0 bridgehead atoms. The molecule has 0 saturated carbocycles. The average Bonchev–Trinajstić information content (AvgIpc) is 3.84. The van der Waals surface area contributed by atoms with Gasteiger partial charge in [-0.15, -0.1) is 0 Å². The molecule has 3 fully saturated rings. The van der Waals surface area contributed by atoms with E-state index < -0.39 is 0 Å². The number of nitrogens with zero attached hydrogens (tertiary/aromatic N) is 4. The fraction of sp³-hybridized carbons (Fsp3) is 0.425. The van der Waals surface area contributed by atoms with Gasteiger partial charge < -0.3 is 19.5 Å². The number of hydrogen-bond acceptors (Lipinski definition) is 8. The number of carbonyl (C=O) groups excluding carboxylic acids is 1. The van der Waals surface area contributed by atoms with E-state index in [2.05, 4.69) is 27.2 Å². The predicted octanol–water partition coefficient (Wildman–Crippen LogP) is 6.93. The van der Waals surface area contributed by atoms with Gasteiger partial charge in [0.25, 0.3) is 0 Å². The molecule has 2 aromatic heterocycles. The van der Waals surface area contributed by atoms with Gasteiger partial charge in [-0.2, -0.15) is 0 Å². The van der Waals surface area contributed by atoms with Crippen LogP contribution in [0.25, 0.3) is 33.6 Å². The van der Waals surface area contributed by atoms with E-state index in [1.807, 2.05) is 36.4 Å². The van der Waals surface area contributed by atoms with Crippen molar-refractivity contribution in [3.05, 3.63) is 80.8 Å². The standard InChI is InChI=1S/C40H41Cl2N5O4/c1-49-24-17-46(18-24)31-12-10-22-14-29(44-38(50-2)34(22)31)27-8-4-6-25(36(27)41)26-7-5-9-28(37(26)42)30-15-23-11-13-32(35(23)39(45-30)51-3)47-20-40(21-47)16-33(48)43-19-40/h4-9,14-15,24,31-32H,10-13,16-21H2,1-3H3,(H,43,48). The number of ether oxygens (including phenoxy) is 3. The Balaban J connectivity index is 1.02. The van der Waals surface area contributed by atoms with E-state index in [1.54, 1.807) is 21.3 Å². The molecule has 9 rings (SSSR count). The topological polar surface area (TPSA) is 89.1 Å². The van der Waals surface area contributed by atoms with Gasteiger partial charge in [-0.25, -0.2) is 9.97 Å². The minimum Gasteiger partial charge on any atom is -0.481 e. The minimum atomic E-state index is 0.0707. The number of nitrogens with one attached hydrogen (secondary N) is 1. The van der Waals surface area contributed by atoms with Crippen LogP contribution >= 0.6 is 23.2 Å². The summed E-state index contributed by atoms with van der Waals surface area (Å²) in [6.07, 6.45) is 4.83. The Bertz CT molecular complexity index is 2060. The molecule has 2 atom stereocenters. The zero-order chi connectivity index (χ0) is 35.0. The first-order valence-electron chi connectivity index (χ1n) is 17.8. The van der Waals surface area contributed by atoms with Crippen molar-refractivity contribution in [3.8, 4) is 45.4 Å². The van der Waals surface area contributed by atoms with Crippen molar-refractivity contribution in [1.29, 1.82) is 0 Å². The van der Waals surface area contributed by atoms with Crippen molar-refractivity contribution in [2.24, 2.45) is 5.41 Å². The number of methoxy groups -OCH3 is 3. The van der Waals surface area contributed by atoms with Crippen LogP contribution in [-0.2, 0) is 22.4 Å². The van der Waals surface area contributed by atoms with Crippen molar-refractivity contribution in [2.45, 2.75) is 50.3 Å². The lowest BCUT2D eigenvalue weighted by Gasteiger charge is -2.50. The summed E-state index contributed by atoms with van der Waals surface area (Å²) in [4.78, 5) is 26.9. The molecule has 0 radical (unpaired) electrons. The van der Waals surface area contributed by atoms with Gasteiger partial charge >= 0.3 is 0 Å². The third-order valence-corrected chi connectivity index (χ3v) is 12.7. The van der Waals surface area contributed by atoms with Gasteiger partial charge in [0.1, 0.15) is 0 Å². The molecular weight excluding hydrogens is 685 g/mol. The number of amides is 1. The highest BCUT2D eigenvalue weighted by molar-refractivity contribution is 6.39. The lowest BCUT2D eigenvalue weighted by Crippen LogP contribution is -2.58. The van der Waals surface area contributed by atoms with Crippen LogP contribution in [0.5, 0.6) is 11.8 Å². The van der Waals surface area contributed by atoms with Crippen LogP contribution in [-0.4, -0.2) is 85.8 Å². The minimum absolute atomic E-state index is 0.0707. The Morgan fingerprint density at radius 3 is 1.75 bits per heavy atom. The monoisotopic (exact) mass is 725 g/mol. The van der Waals surface area contributed by atoms with Crippen LogP contribution in [0.2, 0.25) is 10.0 Å². The highest BCUT2D eigenvalue weighted by Gasteiger charge is 2.51. The maximum atomic E-state index is 11.9. The van der Waals surface area contributed by atoms with E-state index in [0.717, 1.165) is 97.6 Å². The predicted molar refractivity (Wildman–Crippen MR) is 198 cm³/mol. The first-order valence-corrected chi connectivity index (χ1v) is 18.6. The van der Waals surface area contributed by atoms with Gasteiger partial charge in [0.2, 0.25) is 17.7 Å². The number of likely N-dealkylation sites (tertiary alicyclic amines) is 2. The Kier molecular flexibility index (Phi) is 8.28. The van der Waals surface area contributed by atoms with Gasteiger partial charge in [0, 0.05) is 97.1 Å². The van der Waals surface area contributed by atoms with Gasteiger partial charge in [0.15, 0.2) is 0 Å². The zero-order valence-corrected chi connectivity index (χ0v) is 30.6. The molecule has 3 aliphatic heterocycles. The van der Waals surface area contributed by atoms with Crippen molar-refractivity contribution in [1.82, 2.24) is 25.1 Å². The largest absolute Gasteiger partial charge is 0.481 e. The van der Waals surface area contributed by atoms with E-state index in [4.69, 9.17) is 47.4 Å². The molecule has 51 heavy (non-hydrogen) atoms. The van der Waals surface area contributed by atoms with Crippen molar-refractivity contribution in [3.63, 3.8) is 0 Å². The van der Waals surface area contributed by atoms with Crippen LogP contribution in [0.3, 0.4) is 0 Å². The number of pyridine rings is 2. The quantitative estimate of drug-likeness (QED) is 0.209. The lowest BCUT2D eigenvalue weighted by atomic mass is 9.77. The summed E-state index contributed by atoms with van der Waals surface area (Å²) in [6, 6.07) is 16.9. The summed E-state index contributed by atoms with van der Waals surface area (Å²) in [5.74, 6) is 1.46. The molecule has 4 aromatic rings. The summed E-state index contributed by atoms with van der Waals surface area (Å²) in [6.45, 7) is 4.45. The van der Waals surface area contributed by atoms with E-state index >= 15 is 0 Å². The van der Waals surface area contributed by atoms with E-state index in [1.165, 1.54) is 16.7 Å². The number of fused-ring (bicyclic) bond motifs is 2. The Hall–Kier alpha value is -3.73. The molecule has 264 valence electrons. The van der Waals surface area contributed by atoms with E-state index in [9.17, 15) is 4.79 Å². The van der Waals surface area contributed by atoms with Crippen molar-refractivity contribution < 1.29 is 19.0 Å². The van der Waals surface area contributed by atoms with Gasteiger partial charge in [-0.1, -0.05) is 59.6 Å². The van der Waals surface area contributed by atoms with Gasteiger partial charge in [0.05, 0.1) is 41.8 Å². The summed E-state index contributed by atoms with van der Waals surface area (Å²) in [7, 11) is 5.16. The van der Waals surface area contributed by atoms with Crippen LogP contribution in [0.1, 0.15) is 53.6 Å². The molecule has 3 saturated heterocycles. The second-order valence-corrected chi connectivity index (χ2v) is 15.5. The second-order valence-electron chi connectivity index (χ2n) is 14.8. The Morgan fingerprint density at radius 1 is 0.765 bits per heavy atom. The fourth-order valence-electron chi connectivity index (χ4n) is 9.24. The normalized spacial score (nSPS) is 22.4. The Labute approximate surface area is 308 Å². The molecular formula is C40H41Cl2N5O4. The number of halogens is 2. The molecule has 9 nitrogen and oxygen atoms in total. The molecule has 2 aromatic carbocycles. The van der Waals surface area contributed by atoms with Crippen LogP contribution < -0.4 is 14.8 Å². The number of carbonyl (C=O) groups is 1. The average molecular weight is 727 g/mol. The molecule has 1 N–H and O–H groups in total. The number of aryl methyl sites for hydroxylation is 2. The maximum Gasteiger partial charge on any atom is 0.220 e. The highest BCUT2D eigenvalue weighted by atomic mass is 35.5. The number of rotatable bonds is 8.